The number of rotatable bonds is 6. The largest absolute Gasteiger partial charge is 0.465 e. The van der Waals surface area contributed by atoms with Crippen molar-refractivity contribution >= 4 is 5.97 Å². The molecule has 2 aromatic rings. The number of carbonyl (C=O) groups is 1. The quantitative estimate of drug-likeness (QED) is 0.818. The lowest BCUT2D eigenvalue weighted by molar-refractivity contribution is -0.153. The molecule has 1 aliphatic carbocycles. The highest BCUT2D eigenvalue weighted by atomic mass is 16.5. The Morgan fingerprint density at radius 3 is 2.91 bits per heavy atom. The van der Waals surface area contributed by atoms with E-state index in [1.54, 1.807) is 18.4 Å². The standard InChI is InChI=1S/C16H21N3O4/c1-2-21-15(20)16(8-4-3-5-9-16)17-11-13-18-14(19-23-13)12-7-6-10-22-12/h6-7,10,17H,2-5,8-9,11H2,1H3. The summed E-state index contributed by atoms with van der Waals surface area (Å²) in [6, 6.07) is 3.53. The Bertz CT molecular complexity index is 630. The molecular weight excluding hydrogens is 298 g/mol. The average Bonchev–Trinajstić information content (AvgIpc) is 3.25. The number of esters is 1. The maximum absolute atomic E-state index is 12.4. The zero-order chi connectivity index (χ0) is 16.1. The summed E-state index contributed by atoms with van der Waals surface area (Å²) in [5.74, 6) is 1.19. The van der Waals surface area contributed by atoms with Crippen molar-refractivity contribution < 1.29 is 18.5 Å². The van der Waals surface area contributed by atoms with Crippen LogP contribution in [0.4, 0.5) is 0 Å². The number of hydrogen-bond donors (Lipinski definition) is 1. The number of nitrogens with one attached hydrogen (secondary N) is 1. The number of hydrogen-bond acceptors (Lipinski definition) is 7. The molecule has 0 radical (unpaired) electrons. The first-order chi connectivity index (χ1) is 11.2. The highest BCUT2D eigenvalue weighted by molar-refractivity contribution is 5.81. The lowest BCUT2D eigenvalue weighted by atomic mass is 9.81. The number of furan rings is 1. The van der Waals surface area contributed by atoms with Gasteiger partial charge in [0, 0.05) is 0 Å². The zero-order valence-corrected chi connectivity index (χ0v) is 13.2. The highest BCUT2D eigenvalue weighted by Crippen LogP contribution is 2.30. The molecule has 7 nitrogen and oxygen atoms in total. The first-order valence-electron chi connectivity index (χ1n) is 8.02. The molecule has 1 N–H and O–H groups in total. The highest BCUT2D eigenvalue weighted by Gasteiger charge is 2.40. The van der Waals surface area contributed by atoms with Crippen LogP contribution in [0.25, 0.3) is 11.6 Å². The van der Waals surface area contributed by atoms with E-state index in [4.69, 9.17) is 13.7 Å². The van der Waals surface area contributed by atoms with Crippen LogP contribution in [-0.4, -0.2) is 28.3 Å². The van der Waals surface area contributed by atoms with Crippen molar-refractivity contribution in [2.75, 3.05) is 6.61 Å². The molecule has 0 amide bonds. The maximum Gasteiger partial charge on any atom is 0.326 e. The first-order valence-corrected chi connectivity index (χ1v) is 8.02. The Labute approximate surface area is 134 Å². The van der Waals surface area contributed by atoms with Crippen molar-refractivity contribution in [3.05, 3.63) is 24.3 Å². The Balaban J connectivity index is 1.68. The van der Waals surface area contributed by atoms with Gasteiger partial charge in [0.2, 0.25) is 11.7 Å². The van der Waals surface area contributed by atoms with Crippen LogP contribution >= 0.6 is 0 Å². The lowest BCUT2D eigenvalue weighted by Gasteiger charge is -2.35. The summed E-state index contributed by atoms with van der Waals surface area (Å²) >= 11 is 0. The predicted molar refractivity (Wildman–Crippen MR) is 81.3 cm³/mol. The topological polar surface area (TPSA) is 90.4 Å². The second kappa shape index (κ2) is 6.95. The summed E-state index contributed by atoms with van der Waals surface area (Å²) in [6.45, 7) is 2.53. The molecule has 7 heteroatoms. The minimum Gasteiger partial charge on any atom is -0.465 e. The van der Waals surface area contributed by atoms with E-state index in [0.717, 1.165) is 32.1 Å². The number of carbonyl (C=O) groups excluding carboxylic acids is 1. The number of ether oxygens (including phenoxy) is 1. The van der Waals surface area contributed by atoms with Crippen molar-refractivity contribution in [1.82, 2.24) is 15.5 Å². The predicted octanol–water partition coefficient (Wildman–Crippen LogP) is 2.69. The average molecular weight is 319 g/mol. The van der Waals surface area contributed by atoms with Gasteiger partial charge in [0.15, 0.2) is 5.76 Å². The van der Waals surface area contributed by atoms with E-state index in [1.807, 2.05) is 6.92 Å². The second-order valence-corrected chi connectivity index (χ2v) is 5.71. The van der Waals surface area contributed by atoms with Crippen molar-refractivity contribution in [3.63, 3.8) is 0 Å². The normalized spacial score (nSPS) is 17.1. The van der Waals surface area contributed by atoms with Crippen LogP contribution in [0.5, 0.6) is 0 Å². The van der Waals surface area contributed by atoms with Gasteiger partial charge in [-0.3, -0.25) is 10.1 Å². The van der Waals surface area contributed by atoms with Gasteiger partial charge < -0.3 is 13.7 Å². The molecule has 1 fully saturated rings. The Kier molecular flexibility index (Phi) is 4.76. The van der Waals surface area contributed by atoms with Crippen molar-refractivity contribution in [3.8, 4) is 11.6 Å². The summed E-state index contributed by atoms with van der Waals surface area (Å²) in [5.41, 5.74) is -0.645. The maximum atomic E-state index is 12.4. The molecule has 1 saturated carbocycles. The van der Waals surface area contributed by atoms with E-state index >= 15 is 0 Å². The molecule has 0 aliphatic heterocycles. The first kappa shape index (κ1) is 15.7. The fourth-order valence-electron chi connectivity index (χ4n) is 2.95. The summed E-state index contributed by atoms with van der Waals surface area (Å²) in [6.07, 6.45) is 6.25. The van der Waals surface area contributed by atoms with Crippen molar-refractivity contribution in [2.45, 2.75) is 51.1 Å². The third-order valence-electron chi connectivity index (χ3n) is 4.16. The minimum absolute atomic E-state index is 0.189. The molecule has 3 rings (SSSR count). The molecule has 2 heterocycles. The van der Waals surface area contributed by atoms with Gasteiger partial charge in [0.05, 0.1) is 19.4 Å². The van der Waals surface area contributed by atoms with Crippen LogP contribution < -0.4 is 5.32 Å². The van der Waals surface area contributed by atoms with Gasteiger partial charge in [0.1, 0.15) is 5.54 Å². The van der Waals surface area contributed by atoms with Crippen LogP contribution in [0, 0.1) is 0 Å². The van der Waals surface area contributed by atoms with E-state index < -0.39 is 5.54 Å². The van der Waals surface area contributed by atoms with Crippen LogP contribution in [0.3, 0.4) is 0 Å². The van der Waals surface area contributed by atoms with E-state index in [-0.39, 0.29) is 5.97 Å². The van der Waals surface area contributed by atoms with Crippen LogP contribution in [0.15, 0.2) is 27.3 Å². The van der Waals surface area contributed by atoms with Gasteiger partial charge >= 0.3 is 5.97 Å². The zero-order valence-electron chi connectivity index (χ0n) is 13.2. The van der Waals surface area contributed by atoms with Crippen LogP contribution in [0.1, 0.15) is 44.9 Å². The summed E-state index contributed by atoms with van der Waals surface area (Å²) in [4.78, 5) is 16.7. The van der Waals surface area contributed by atoms with E-state index in [0.29, 0.717) is 30.6 Å². The molecular formula is C16H21N3O4. The van der Waals surface area contributed by atoms with Crippen molar-refractivity contribution in [2.24, 2.45) is 0 Å². The fourth-order valence-corrected chi connectivity index (χ4v) is 2.95. The Hall–Kier alpha value is -2.15. The van der Waals surface area contributed by atoms with E-state index in [1.165, 1.54) is 0 Å². The lowest BCUT2D eigenvalue weighted by Crippen LogP contribution is -2.53. The van der Waals surface area contributed by atoms with Gasteiger partial charge in [-0.15, -0.1) is 0 Å². The summed E-state index contributed by atoms with van der Waals surface area (Å²) in [5, 5.41) is 7.18. The van der Waals surface area contributed by atoms with Crippen LogP contribution in [-0.2, 0) is 16.1 Å². The molecule has 124 valence electrons. The van der Waals surface area contributed by atoms with Gasteiger partial charge in [-0.25, -0.2) is 0 Å². The molecule has 0 spiro atoms. The molecule has 0 bridgehead atoms. The number of aromatic nitrogens is 2. The smallest absolute Gasteiger partial charge is 0.326 e. The molecule has 0 atom stereocenters. The third kappa shape index (κ3) is 3.44. The minimum atomic E-state index is -0.645. The van der Waals surface area contributed by atoms with Gasteiger partial charge in [-0.05, 0) is 31.9 Å². The molecule has 23 heavy (non-hydrogen) atoms. The number of nitrogens with zero attached hydrogens (tertiary/aromatic N) is 2. The molecule has 2 aromatic heterocycles. The fraction of sp³-hybridized carbons (Fsp3) is 0.562. The Morgan fingerprint density at radius 2 is 2.22 bits per heavy atom. The van der Waals surface area contributed by atoms with Gasteiger partial charge in [0.25, 0.3) is 0 Å². The summed E-state index contributed by atoms with van der Waals surface area (Å²) in [7, 11) is 0. The van der Waals surface area contributed by atoms with Crippen LogP contribution in [0.2, 0.25) is 0 Å². The van der Waals surface area contributed by atoms with E-state index in [2.05, 4.69) is 15.5 Å². The SMILES string of the molecule is CCOC(=O)C1(NCc2nc(-c3ccco3)no2)CCCCC1. The van der Waals surface area contributed by atoms with Gasteiger partial charge in [-0.1, -0.05) is 24.4 Å². The summed E-state index contributed by atoms with van der Waals surface area (Å²) < 4.78 is 15.7. The Morgan fingerprint density at radius 1 is 1.39 bits per heavy atom. The molecule has 0 saturated heterocycles. The molecule has 1 aliphatic rings. The van der Waals surface area contributed by atoms with E-state index in [9.17, 15) is 4.79 Å². The second-order valence-electron chi connectivity index (χ2n) is 5.71. The third-order valence-corrected chi connectivity index (χ3v) is 4.16. The van der Waals surface area contributed by atoms with Gasteiger partial charge in [-0.2, -0.15) is 4.98 Å². The van der Waals surface area contributed by atoms with Crippen molar-refractivity contribution in [1.29, 1.82) is 0 Å². The molecule has 0 unspecified atom stereocenters. The molecule has 0 aromatic carbocycles. The monoisotopic (exact) mass is 319 g/mol.